The molecule has 82 valence electrons. The summed E-state index contributed by atoms with van der Waals surface area (Å²) in [5.41, 5.74) is 0.543. The largest absolute Gasteiger partial charge is 0.481 e. The molecule has 0 radical (unpaired) electrons. The van der Waals surface area contributed by atoms with Crippen LogP contribution in [0.1, 0.15) is 31.4 Å². The maximum Gasteiger partial charge on any atom is 0.304 e. The fourth-order valence-electron chi connectivity index (χ4n) is 1.23. The number of hydrogen-bond acceptors (Lipinski definition) is 4. The molecule has 0 amide bonds. The highest BCUT2D eigenvalue weighted by Gasteiger charge is 2.24. The number of carbonyl (C=O) groups excluding carboxylic acids is 1. The minimum absolute atomic E-state index is 0.0878. The lowest BCUT2D eigenvalue weighted by molar-refractivity contribution is -0.139. The first kappa shape index (κ1) is 12.3. The Kier molecular flexibility index (Phi) is 4.41. The predicted molar refractivity (Wildman–Crippen MR) is 60.1 cm³/mol. The number of carboxylic acid groups (broad SMARTS) is 1. The van der Waals surface area contributed by atoms with Gasteiger partial charge in [0, 0.05) is 11.8 Å². The van der Waals surface area contributed by atoms with E-state index in [1.807, 2.05) is 0 Å². The molecule has 0 aromatic carbocycles. The van der Waals surface area contributed by atoms with E-state index in [0.29, 0.717) is 16.0 Å². The Balaban J connectivity index is 2.90. The normalized spacial score (nSPS) is 12.4. The Bertz CT molecular complexity index is 377. The van der Waals surface area contributed by atoms with E-state index in [9.17, 15) is 9.59 Å². The van der Waals surface area contributed by atoms with Gasteiger partial charge in [0.05, 0.1) is 18.0 Å². The fraction of sp³-hybridized carbons (Fsp3) is 0.444. The minimum atomic E-state index is -0.981. The van der Waals surface area contributed by atoms with Crippen LogP contribution < -0.4 is 0 Å². The number of ketones is 1. The number of thiazole rings is 1. The second kappa shape index (κ2) is 5.37. The van der Waals surface area contributed by atoms with E-state index in [1.165, 1.54) is 11.3 Å². The topological polar surface area (TPSA) is 67.3 Å². The van der Waals surface area contributed by atoms with Gasteiger partial charge in [0.1, 0.15) is 5.78 Å². The first-order valence-corrected chi connectivity index (χ1v) is 6.07. The molecule has 0 saturated carbocycles. The van der Waals surface area contributed by atoms with E-state index in [1.54, 1.807) is 12.3 Å². The molecule has 4 nitrogen and oxygen atoms in total. The zero-order chi connectivity index (χ0) is 11.4. The van der Waals surface area contributed by atoms with Crippen molar-refractivity contribution in [2.75, 3.05) is 0 Å². The van der Waals surface area contributed by atoms with E-state index in [2.05, 4.69) is 20.9 Å². The molecule has 0 saturated heterocycles. The molecule has 1 N–H and O–H groups in total. The van der Waals surface area contributed by atoms with Gasteiger partial charge in [-0.3, -0.25) is 9.59 Å². The van der Waals surface area contributed by atoms with E-state index in [-0.39, 0.29) is 12.2 Å². The van der Waals surface area contributed by atoms with Crippen molar-refractivity contribution in [2.45, 2.75) is 25.7 Å². The summed E-state index contributed by atoms with van der Waals surface area (Å²) in [6.07, 6.45) is 0.135. The smallest absolute Gasteiger partial charge is 0.304 e. The number of nitrogens with zero attached hydrogens (tertiary/aromatic N) is 1. The number of aliphatic carboxylic acids is 1. The molecule has 1 heterocycles. The highest BCUT2D eigenvalue weighted by molar-refractivity contribution is 9.11. The summed E-state index contributed by atoms with van der Waals surface area (Å²) in [4.78, 5) is 26.2. The molecule has 1 rings (SSSR count). The monoisotopic (exact) mass is 291 g/mol. The van der Waals surface area contributed by atoms with Crippen LogP contribution in [0.5, 0.6) is 0 Å². The molecule has 15 heavy (non-hydrogen) atoms. The van der Waals surface area contributed by atoms with Gasteiger partial charge in [-0.25, -0.2) is 4.98 Å². The van der Waals surface area contributed by atoms with Crippen molar-refractivity contribution < 1.29 is 14.7 Å². The molecular formula is C9H10BrNO3S. The van der Waals surface area contributed by atoms with Crippen molar-refractivity contribution in [1.82, 2.24) is 4.98 Å². The van der Waals surface area contributed by atoms with Crippen LogP contribution in [0, 0.1) is 0 Å². The van der Waals surface area contributed by atoms with Gasteiger partial charge >= 0.3 is 5.97 Å². The van der Waals surface area contributed by atoms with Crippen LogP contribution in [0.4, 0.5) is 0 Å². The summed E-state index contributed by atoms with van der Waals surface area (Å²) in [7, 11) is 0. The number of Topliss-reactive ketones (excluding diaryl/α,β-unsaturated/α-hetero) is 1. The average Bonchev–Trinajstić information content (AvgIpc) is 2.59. The van der Waals surface area contributed by atoms with Crippen LogP contribution in [0.3, 0.4) is 0 Å². The van der Waals surface area contributed by atoms with E-state index >= 15 is 0 Å². The number of carbonyl (C=O) groups is 2. The van der Waals surface area contributed by atoms with Gasteiger partial charge in [0.2, 0.25) is 0 Å². The first-order chi connectivity index (χ1) is 7.04. The average molecular weight is 292 g/mol. The first-order valence-electron chi connectivity index (χ1n) is 4.40. The molecule has 1 aromatic heterocycles. The second-order valence-corrected chi connectivity index (χ2v) is 5.13. The molecule has 0 aliphatic rings. The number of halogens is 1. The Morgan fingerprint density at radius 3 is 2.73 bits per heavy atom. The Morgan fingerprint density at radius 2 is 2.33 bits per heavy atom. The van der Waals surface area contributed by atoms with Crippen LogP contribution >= 0.6 is 27.3 Å². The summed E-state index contributed by atoms with van der Waals surface area (Å²) >= 11 is 4.53. The molecule has 0 fully saturated rings. The number of hydrogen-bond donors (Lipinski definition) is 1. The lowest BCUT2D eigenvalue weighted by Crippen LogP contribution is -2.16. The molecule has 0 spiro atoms. The van der Waals surface area contributed by atoms with Crippen molar-refractivity contribution in [3.05, 3.63) is 15.0 Å². The van der Waals surface area contributed by atoms with E-state index in [4.69, 9.17) is 5.11 Å². The SMILES string of the molecule is CCC(=O)C(CC(=O)O)c1csc(Br)n1. The number of aromatic nitrogens is 1. The van der Waals surface area contributed by atoms with Crippen molar-refractivity contribution in [3.63, 3.8) is 0 Å². The van der Waals surface area contributed by atoms with Gasteiger partial charge in [0.15, 0.2) is 3.92 Å². The quantitative estimate of drug-likeness (QED) is 0.905. The molecule has 1 aromatic rings. The Labute approximate surface area is 99.5 Å². The van der Waals surface area contributed by atoms with Gasteiger partial charge in [-0.1, -0.05) is 6.92 Å². The van der Waals surface area contributed by atoms with Gasteiger partial charge in [-0.15, -0.1) is 11.3 Å². The van der Waals surface area contributed by atoms with Gasteiger partial charge in [-0.05, 0) is 15.9 Å². The van der Waals surface area contributed by atoms with Gasteiger partial charge in [0.25, 0.3) is 0 Å². The predicted octanol–water partition coefficient (Wildman–Crippen LogP) is 2.44. The third-order valence-corrected chi connectivity index (χ3v) is 3.35. The minimum Gasteiger partial charge on any atom is -0.481 e. The van der Waals surface area contributed by atoms with Gasteiger partial charge in [-0.2, -0.15) is 0 Å². The summed E-state index contributed by atoms with van der Waals surface area (Å²) < 4.78 is 0.664. The molecule has 0 aliphatic heterocycles. The molecule has 1 unspecified atom stereocenters. The summed E-state index contributed by atoms with van der Waals surface area (Å²) in [6, 6.07) is 0. The summed E-state index contributed by atoms with van der Waals surface area (Å²) in [6.45, 7) is 1.72. The molecule has 0 bridgehead atoms. The fourth-order valence-corrected chi connectivity index (χ4v) is 2.31. The summed E-state index contributed by atoms with van der Waals surface area (Å²) in [5, 5.41) is 10.4. The number of carboxylic acids is 1. The highest BCUT2D eigenvalue weighted by atomic mass is 79.9. The van der Waals surface area contributed by atoms with Crippen LogP contribution in [0.25, 0.3) is 0 Å². The molecule has 1 atom stereocenters. The molecular weight excluding hydrogens is 282 g/mol. The molecule has 0 aliphatic carbocycles. The van der Waals surface area contributed by atoms with Crippen LogP contribution in [-0.2, 0) is 9.59 Å². The highest BCUT2D eigenvalue weighted by Crippen LogP contribution is 2.26. The zero-order valence-corrected chi connectivity index (χ0v) is 10.5. The van der Waals surface area contributed by atoms with E-state index in [0.717, 1.165) is 0 Å². The van der Waals surface area contributed by atoms with Crippen LogP contribution in [0.15, 0.2) is 9.30 Å². The van der Waals surface area contributed by atoms with Crippen LogP contribution in [0.2, 0.25) is 0 Å². The zero-order valence-electron chi connectivity index (χ0n) is 8.07. The van der Waals surface area contributed by atoms with Crippen LogP contribution in [-0.4, -0.2) is 21.8 Å². The van der Waals surface area contributed by atoms with Crippen molar-refractivity contribution >= 4 is 39.0 Å². The Morgan fingerprint density at radius 1 is 1.67 bits per heavy atom. The van der Waals surface area contributed by atoms with Crippen molar-refractivity contribution in [3.8, 4) is 0 Å². The van der Waals surface area contributed by atoms with Crippen molar-refractivity contribution in [2.24, 2.45) is 0 Å². The van der Waals surface area contributed by atoms with Gasteiger partial charge < -0.3 is 5.11 Å². The molecule has 6 heteroatoms. The maximum atomic E-state index is 11.5. The maximum absolute atomic E-state index is 11.5. The third-order valence-electron chi connectivity index (χ3n) is 1.97. The lowest BCUT2D eigenvalue weighted by Gasteiger charge is -2.09. The Hall–Kier alpha value is -0.750. The summed E-state index contributed by atoms with van der Waals surface area (Å²) in [5.74, 6) is -1.68. The number of rotatable bonds is 5. The standard InChI is InChI=1S/C9H10BrNO3S/c1-2-7(12)5(3-8(13)14)6-4-15-9(10)11-6/h4-5H,2-3H2,1H3,(H,13,14). The second-order valence-electron chi connectivity index (χ2n) is 3.00. The lowest BCUT2D eigenvalue weighted by atomic mass is 9.96. The third kappa shape index (κ3) is 3.39. The van der Waals surface area contributed by atoms with E-state index < -0.39 is 11.9 Å². The van der Waals surface area contributed by atoms with Crippen molar-refractivity contribution in [1.29, 1.82) is 0 Å².